The molecule has 4 rings (SSSR count). The number of amides is 1. The van der Waals surface area contributed by atoms with Gasteiger partial charge in [0.2, 0.25) is 4.87 Å². The highest BCUT2D eigenvalue weighted by Crippen LogP contribution is 2.42. The van der Waals surface area contributed by atoms with E-state index in [0.717, 1.165) is 30.0 Å². The van der Waals surface area contributed by atoms with Gasteiger partial charge >= 0.3 is 0 Å². The van der Waals surface area contributed by atoms with Crippen LogP contribution in [0.3, 0.4) is 0 Å². The predicted octanol–water partition coefficient (Wildman–Crippen LogP) is 4.68. The molecule has 166 valence electrons. The SMILES string of the molecule is CC(C)SC1(C(=O)NCCCc2ncc[nH]2)Nc2ccccc2N=C1c1ccc(F)cc1. The van der Waals surface area contributed by atoms with E-state index >= 15 is 0 Å². The number of halogens is 1. The summed E-state index contributed by atoms with van der Waals surface area (Å²) in [7, 11) is 0. The van der Waals surface area contributed by atoms with Crippen molar-refractivity contribution in [3.63, 3.8) is 0 Å². The van der Waals surface area contributed by atoms with Gasteiger partial charge in [0.15, 0.2) is 0 Å². The van der Waals surface area contributed by atoms with Crippen LogP contribution in [0.2, 0.25) is 0 Å². The largest absolute Gasteiger partial charge is 0.356 e. The van der Waals surface area contributed by atoms with Crippen molar-refractivity contribution in [2.45, 2.75) is 36.8 Å². The molecule has 0 fully saturated rings. The van der Waals surface area contributed by atoms with Gasteiger partial charge in [0.25, 0.3) is 5.91 Å². The number of anilines is 1. The van der Waals surface area contributed by atoms with Crippen LogP contribution >= 0.6 is 11.8 Å². The predicted molar refractivity (Wildman–Crippen MR) is 128 cm³/mol. The molecule has 1 aliphatic heterocycles. The van der Waals surface area contributed by atoms with Crippen LogP contribution in [0.5, 0.6) is 0 Å². The fraction of sp³-hybridized carbons (Fsp3) is 0.292. The maximum Gasteiger partial charge on any atom is 0.262 e. The quantitative estimate of drug-likeness (QED) is 0.434. The number of H-pyrrole nitrogens is 1. The number of hydrogen-bond donors (Lipinski definition) is 3. The summed E-state index contributed by atoms with van der Waals surface area (Å²) in [6.07, 6.45) is 5.00. The Morgan fingerprint density at radius 1 is 1.19 bits per heavy atom. The van der Waals surface area contributed by atoms with Crippen LogP contribution in [-0.2, 0) is 11.2 Å². The molecule has 0 saturated heterocycles. The number of nitrogens with zero attached hydrogens (tertiary/aromatic N) is 2. The number of aromatic amines is 1. The fourth-order valence-corrected chi connectivity index (χ4v) is 5.00. The zero-order chi connectivity index (χ0) is 22.6. The van der Waals surface area contributed by atoms with Crippen LogP contribution in [-0.4, -0.2) is 38.3 Å². The van der Waals surface area contributed by atoms with Crippen molar-refractivity contribution in [2.75, 3.05) is 11.9 Å². The van der Waals surface area contributed by atoms with Crippen molar-refractivity contribution in [3.8, 4) is 0 Å². The van der Waals surface area contributed by atoms with E-state index in [2.05, 4.69) is 20.6 Å². The van der Waals surface area contributed by atoms with Crippen LogP contribution < -0.4 is 10.6 Å². The zero-order valence-electron chi connectivity index (χ0n) is 18.1. The maximum absolute atomic E-state index is 13.7. The molecule has 3 aromatic rings. The number of thioether (sulfide) groups is 1. The average molecular weight is 452 g/mol. The van der Waals surface area contributed by atoms with Gasteiger partial charge in [0.05, 0.1) is 17.1 Å². The Labute approximate surface area is 191 Å². The van der Waals surface area contributed by atoms with Crippen molar-refractivity contribution < 1.29 is 9.18 Å². The van der Waals surface area contributed by atoms with Crippen LogP contribution in [0, 0.1) is 5.82 Å². The van der Waals surface area contributed by atoms with E-state index in [9.17, 15) is 9.18 Å². The number of imidazole rings is 1. The third-order valence-electron chi connectivity index (χ3n) is 5.06. The highest BCUT2D eigenvalue weighted by Gasteiger charge is 2.47. The molecule has 8 heteroatoms. The number of benzene rings is 2. The molecular weight excluding hydrogens is 425 g/mol. The summed E-state index contributed by atoms with van der Waals surface area (Å²) in [5.74, 6) is 0.389. The van der Waals surface area contributed by atoms with Crippen LogP contribution in [0.25, 0.3) is 0 Å². The summed E-state index contributed by atoms with van der Waals surface area (Å²) in [5.41, 5.74) is 2.81. The summed E-state index contributed by atoms with van der Waals surface area (Å²) in [4.78, 5) is 24.7. The van der Waals surface area contributed by atoms with Gasteiger partial charge in [-0.3, -0.25) is 4.79 Å². The van der Waals surface area contributed by atoms with Gasteiger partial charge in [-0.05, 0) is 30.7 Å². The van der Waals surface area contributed by atoms with Crippen molar-refractivity contribution in [2.24, 2.45) is 4.99 Å². The minimum Gasteiger partial charge on any atom is -0.356 e. The molecular formula is C24H26FN5OS. The maximum atomic E-state index is 13.7. The topological polar surface area (TPSA) is 82.2 Å². The molecule has 0 aliphatic carbocycles. The number of hydrogen-bond acceptors (Lipinski definition) is 5. The van der Waals surface area contributed by atoms with E-state index in [1.807, 2.05) is 38.1 Å². The molecule has 2 heterocycles. The Kier molecular flexibility index (Phi) is 6.60. The number of aliphatic imine (C=N–C) groups is 1. The second-order valence-corrected chi connectivity index (χ2v) is 9.64. The fourth-order valence-electron chi connectivity index (χ4n) is 3.67. The smallest absolute Gasteiger partial charge is 0.262 e. The molecule has 0 spiro atoms. The van der Waals surface area contributed by atoms with Crippen molar-refractivity contribution in [3.05, 3.63) is 78.1 Å². The first-order chi connectivity index (χ1) is 15.5. The van der Waals surface area contributed by atoms with E-state index in [0.29, 0.717) is 17.8 Å². The number of aryl methyl sites for hydroxylation is 1. The number of para-hydroxylation sites is 2. The van der Waals surface area contributed by atoms with Gasteiger partial charge in [0.1, 0.15) is 11.6 Å². The summed E-state index contributed by atoms with van der Waals surface area (Å²) >= 11 is 1.49. The van der Waals surface area contributed by atoms with Crippen LogP contribution in [0.1, 0.15) is 31.7 Å². The van der Waals surface area contributed by atoms with Crippen LogP contribution in [0.4, 0.5) is 15.8 Å². The first-order valence-electron chi connectivity index (χ1n) is 10.6. The molecule has 0 radical (unpaired) electrons. The highest BCUT2D eigenvalue weighted by atomic mass is 32.2. The van der Waals surface area contributed by atoms with Gasteiger partial charge in [-0.25, -0.2) is 14.4 Å². The molecule has 3 N–H and O–H groups in total. The second-order valence-electron chi connectivity index (χ2n) is 7.85. The molecule has 1 atom stereocenters. The normalized spacial score (nSPS) is 17.4. The van der Waals surface area contributed by atoms with E-state index in [-0.39, 0.29) is 17.0 Å². The molecule has 1 aliphatic rings. The lowest BCUT2D eigenvalue weighted by atomic mass is 9.98. The minimum absolute atomic E-state index is 0.132. The molecule has 0 saturated carbocycles. The zero-order valence-corrected chi connectivity index (χ0v) is 18.9. The van der Waals surface area contributed by atoms with E-state index < -0.39 is 4.87 Å². The Hall–Kier alpha value is -3.13. The molecule has 2 aromatic carbocycles. The van der Waals surface area contributed by atoms with E-state index in [1.54, 1.807) is 24.5 Å². The first kappa shape index (κ1) is 22.1. The summed E-state index contributed by atoms with van der Waals surface area (Å²) in [6, 6.07) is 13.8. The van der Waals surface area contributed by atoms with Gasteiger partial charge < -0.3 is 15.6 Å². The number of nitrogens with one attached hydrogen (secondary N) is 3. The monoisotopic (exact) mass is 451 g/mol. The number of rotatable bonds is 8. The molecule has 1 aromatic heterocycles. The number of fused-ring (bicyclic) bond motifs is 1. The standard InChI is InChI=1S/C24H26FN5OS/c1-16(2)32-24(23(31)28-13-5-8-21-26-14-15-27-21)22(17-9-11-18(25)12-10-17)29-19-6-3-4-7-20(19)30-24/h3-4,6-7,9-12,14-16,30H,5,8,13H2,1-2H3,(H,26,27)(H,28,31). The van der Waals surface area contributed by atoms with Gasteiger partial charge in [-0.1, -0.05) is 38.1 Å². The van der Waals surface area contributed by atoms with E-state index in [1.165, 1.54) is 23.9 Å². The third kappa shape index (κ3) is 4.70. The lowest BCUT2D eigenvalue weighted by molar-refractivity contribution is -0.121. The second kappa shape index (κ2) is 9.56. The van der Waals surface area contributed by atoms with E-state index in [4.69, 9.17) is 4.99 Å². The number of aromatic nitrogens is 2. The van der Waals surface area contributed by atoms with Crippen molar-refractivity contribution >= 4 is 34.8 Å². The number of carbonyl (C=O) groups is 1. The van der Waals surface area contributed by atoms with Gasteiger partial charge in [0, 0.05) is 36.2 Å². The first-order valence-corrected chi connectivity index (χ1v) is 11.5. The molecule has 6 nitrogen and oxygen atoms in total. The van der Waals surface area contributed by atoms with Crippen LogP contribution in [0.15, 0.2) is 65.9 Å². The Bertz CT molecular complexity index is 1100. The third-order valence-corrected chi connectivity index (χ3v) is 6.37. The summed E-state index contributed by atoms with van der Waals surface area (Å²) in [5, 5.41) is 6.68. The lowest BCUT2D eigenvalue weighted by Crippen LogP contribution is -2.57. The average Bonchev–Trinajstić information content (AvgIpc) is 3.30. The van der Waals surface area contributed by atoms with Gasteiger partial charge in [-0.2, -0.15) is 0 Å². The summed E-state index contributed by atoms with van der Waals surface area (Å²) < 4.78 is 13.6. The number of carbonyl (C=O) groups excluding carboxylic acids is 1. The lowest BCUT2D eigenvalue weighted by Gasteiger charge is -2.39. The molecule has 32 heavy (non-hydrogen) atoms. The molecule has 0 bridgehead atoms. The Balaban J connectivity index is 1.66. The highest BCUT2D eigenvalue weighted by molar-refractivity contribution is 8.02. The Morgan fingerprint density at radius 2 is 1.97 bits per heavy atom. The summed E-state index contributed by atoms with van der Waals surface area (Å²) in [6.45, 7) is 4.59. The van der Waals surface area contributed by atoms with Crippen molar-refractivity contribution in [1.82, 2.24) is 15.3 Å². The minimum atomic E-state index is -1.15. The van der Waals surface area contributed by atoms with Crippen molar-refractivity contribution in [1.29, 1.82) is 0 Å². The molecule has 1 amide bonds. The van der Waals surface area contributed by atoms with Gasteiger partial charge in [-0.15, -0.1) is 11.8 Å². The molecule has 1 unspecified atom stereocenters. The Morgan fingerprint density at radius 3 is 2.69 bits per heavy atom.